The molecule has 0 aliphatic carbocycles. The van der Waals surface area contributed by atoms with Gasteiger partial charge in [-0.15, -0.1) is 0 Å². The highest BCUT2D eigenvalue weighted by atomic mass is 14.9. The summed E-state index contributed by atoms with van der Waals surface area (Å²) < 4.78 is 0. The van der Waals surface area contributed by atoms with Gasteiger partial charge in [-0.1, -0.05) is 44.2 Å². The Labute approximate surface area is 93.2 Å². The van der Waals surface area contributed by atoms with Crippen molar-refractivity contribution < 1.29 is 0 Å². The lowest BCUT2D eigenvalue weighted by Gasteiger charge is -2.12. The maximum absolute atomic E-state index is 5.63. The third-order valence-corrected chi connectivity index (χ3v) is 1.90. The zero-order valence-corrected chi connectivity index (χ0v) is 10.1. The van der Waals surface area contributed by atoms with Gasteiger partial charge in [0.25, 0.3) is 0 Å². The molecule has 0 radical (unpaired) electrons. The van der Waals surface area contributed by atoms with E-state index in [2.05, 4.69) is 17.4 Å². The molecule has 1 aromatic carbocycles. The minimum atomic E-state index is 0.214. The van der Waals surface area contributed by atoms with Crippen LogP contribution in [0.15, 0.2) is 42.1 Å². The van der Waals surface area contributed by atoms with Crippen LogP contribution in [0.2, 0.25) is 0 Å². The van der Waals surface area contributed by atoms with Crippen LogP contribution in [0.4, 0.5) is 0 Å². The fourth-order valence-electron chi connectivity index (χ4n) is 1.27. The first-order valence-electron chi connectivity index (χ1n) is 5.40. The van der Waals surface area contributed by atoms with Crippen LogP contribution in [0.25, 0.3) is 0 Å². The second-order valence-electron chi connectivity index (χ2n) is 3.09. The molecule has 0 saturated carbocycles. The van der Waals surface area contributed by atoms with Crippen molar-refractivity contribution in [1.29, 1.82) is 0 Å². The number of rotatable bonds is 3. The van der Waals surface area contributed by atoms with Crippen molar-refractivity contribution >= 4 is 0 Å². The van der Waals surface area contributed by atoms with Gasteiger partial charge in [0.2, 0.25) is 0 Å². The van der Waals surface area contributed by atoms with Crippen LogP contribution in [0.5, 0.6) is 0 Å². The van der Waals surface area contributed by atoms with Crippen LogP contribution >= 0.6 is 0 Å². The summed E-state index contributed by atoms with van der Waals surface area (Å²) in [5.74, 6) is 0. The largest absolute Gasteiger partial charge is 0.402 e. The zero-order valence-electron chi connectivity index (χ0n) is 10.1. The van der Waals surface area contributed by atoms with E-state index in [0.717, 1.165) is 5.70 Å². The van der Waals surface area contributed by atoms with E-state index in [0.29, 0.717) is 0 Å². The number of benzene rings is 1. The van der Waals surface area contributed by atoms with E-state index in [9.17, 15) is 0 Å². The van der Waals surface area contributed by atoms with Crippen LogP contribution in [-0.4, -0.2) is 7.05 Å². The minimum Gasteiger partial charge on any atom is -0.402 e. The lowest BCUT2D eigenvalue weighted by atomic mass is 10.1. The maximum Gasteiger partial charge on any atom is 0.0523 e. The highest BCUT2D eigenvalue weighted by molar-refractivity contribution is 5.23. The lowest BCUT2D eigenvalue weighted by Crippen LogP contribution is -2.15. The summed E-state index contributed by atoms with van der Waals surface area (Å²) in [5.41, 5.74) is 7.69. The van der Waals surface area contributed by atoms with Gasteiger partial charge in [-0.05, 0) is 25.6 Å². The first-order valence-corrected chi connectivity index (χ1v) is 5.40. The Bertz CT molecular complexity index is 274. The van der Waals surface area contributed by atoms with Crippen LogP contribution in [0.3, 0.4) is 0 Å². The number of hydrogen-bond acceptors (Lipinski definition) is 2. The van der Waals surface area contributed by atoms with Crippen LogP contribution < -0.4 is 11.1 Å². The van der Waals surface area contributed by atoms with Gasteiger partial charge in [0.1, 0.15) is 0 Å². The zero-order chi connectivity index (χ0) is 11.7. The van der Waals surface area contributed by atoms with E-state index in [1.54, 1.807) is 0 Å². The van der Waals surface area contributed by atoms with Crippen molar-refractivity contribution in [2.45, 2.75) is 26.8 Å². The molecule has 1 atom stereocenters. The molecular formula is C13H22N2. The van der Waals surface area contributed by atoms with E-state index in [4.69, 9.17) is 5.73 Å². The molecule has 2 nitrogen and oxygen atoms in total. The van der Waals surface area contributed by atoms with Gasteiger partial charge in [-0.2, -0.15) is 0 Å². The Morgan fingerprint density at radius 2 is 1.80 bits per heavy atom. The SMILES string of the molecule is CC.CNC(/C=C(/C)N)c1ccccc1. The molecule has 0 aliphatic heterocycles. The Balaban J connectivity index is 0.000000921. The Morgan fingerprint density at radius 3 is 2.20 bits per heavy atom. The third-order valence-electron chi connectivity index (χ3n) is 1.90. The topological polar surface area (TPSA) is 38.0 Å². The van der Waals surface area contributed by atoms with Crippen molar-refractivity contribution in [2.24, 2.45) is 5.73 Å². The van der Waals surface area contributed by atoms with Crippen LogP contribution in [-0.2, 0) is 0 Å². The predicted octanol–water partition coefficient (Wildman–Crippen LogP) is 2.84. The van der Waals surface area contributed by atoms with E-state index in [1.165, 1.54) is 5.56 Å². The molecular weight excluding hydrogens is 184 g/mol. The molecule has 15 heavy (non-hydrogen) atoms. The quantitative estimate of drug-likeness (QED) is 0.798. The smallest absolute Gasteiger partial charge is 0.0523 e. The molecule has 2 heteroatoms. The number of nitrogens with one attached hydrogen (secondary N) is 1. The van der Waals surface area contributed by atoms with Gasteiger partial charge in [0.05, 0.1) is 6.04 Å². The monoisotopic (exact) mass is 206 g/mol. The Hall–Kier alpha value is -1.28. The van der Waals surface area contributed by atoms with E-state index in [1.807, 2.05) is 52.1 Å². The fraction of sp³-hybridized carbons (Fsp3) is 0.385. The molecule has 0 spiro atoms. The van der Waals surface area contributed by atoms with E-state index >= 15 is 0 Å². The number of likely N-dealkylation sites (N-methyl/N-ethyl adjacent to an activating group) is 1. The summed E-state index contributed by atoms with van der Waals surface area (Å²) in [6.45, 7) is 5.90. The van der Waals surface area contributed by atoms with Crippen LogP contribution in [0.1, 0.15) is 32.4 Å². The molecule has 0 heterocycles. The first kappa shape index (κ1) is 13.7. The third kappa shape index (κ3) is 5.23. The standard InChI is InChI=1S/C11H16N2.C2H6/c1-9(12)8-11(13-2)10-6-4-3-5-7-10;1-2/h3-8,11,13H,12H2,1-2H3;1-2H3/b9-8-;. The molecule has 1 rings (SSSR count). The number of hydrogen-bond donors (Lipinski definition) is 2. The molecule has 1 unspecified atom stereocenters. The molecule has 0 amide bonds. The average Bonchev–Trinajstić information content (AvgIpc) is 2.29. The molecule has 1 aromatic rings. The van der Waals surface area contributed by atoms with Crippen molar-refractivity contribution in [2.75, 3.05) is 7.05 Å². The second kappa shape index (κ2) is 8.06. The number of nitrogens with two attached hydrogens (primary N) is 1. The minimum absolute atomic E-state index is 0.214. The van der Waals surface area contributed by atoms with Crippen molar-refractivity contribution in [1.82, 2.24) is 5.32 Å². The maximum atomic E-state index is 5.63. The normalized spacial score (nSPS) is 12.7. The average molecular weight is 206 g/mol. The van der Waals surface area contributed by atoms with Crippen molar-refractivity contribution in [3.63, 3.8) is 0 Å². The number of allylic oxidation sites excluding steroid dienone is 1. The van der Waals surface area contributed by atoms with Gasteiger partial charge >= 0.3 is 0 Å². The molecule has 0 bridgehead atoms. The summed E-state index contributed by atoms with van der Waals surface area (Å²) in [5, 5.41) is 3.19. The Morgan fingerprint density at radius 1 is 1.27 bits per heavy atom. The van der Waals surface area contributed by atoms with E-state index in [-0.39, 0.29) is 6.04 Å². The van der Waals surface area contributed by atoms with E-state index < -0.39 is 0 Å². The van der Waals surface area contributed by atoms with Gasteiger partial charge < -0.3 is 11.1 Å². The van der Waals surface area contributed by atoms with Gasteiger partial charge in [0.15, 0.2) is 0 Å². The first-order chi connectivity index (χ1) is 7.24. The summed E-state index contributed by atoms with van der Waals surface area (Å²) in [6, 6.07) is 10.4. The summed E-state index contributed by atoms with van der Waals surface area (Å²) in [6.07, 6.45) is 2.01. The fourth-order valence-corrected chi connectivity index (χ4v) is 1.27. The van der Waals surface area contributed by atoms with Crippen LogP contribution in [0, 0.1) is 0 Å². The Kier molecular flexibility index (Phi) is 7.38. The lowest BCUT2D eigenvalue weighted by molar-refractivity contribution is 0.709. The second-order valence-corrected chi connectivity index (χ2v) is 3.09. The molecule has 84 valence electrons. The summed E-state index contributed by atoms with van der Waals surface area (Å²) in [4.78, 5) is 0. The highest BCUT2D eigenvalue weighted by Gasteiger charge is 2.03. The molecule has 0 saturated heterocycles. The predicted molar refractivity (Wildman–Crippen MR) is 67.5 cm³/mol. The van der Waals surface area contributed by atoms with Gasteiger partial charge in [0, 0.05) is 5.70 Å². The molecule has 3 N–H and O–H groups in total. The molecule has 0 fully saturated rings. The highest BCUT2D eigenvalue weighted by Crippen LogP contribution is 2.13. The van der Waals surface area contributed by atoms with Gasteiger partial charge in [-0.25, -0.2) is 0 Å². The molecule has 0 aliphatic rings. The summed E-state index contributed by atoms with van der Waals surface area (Å²) >= 11 is 0. The van der Waals surface area contributed by atoms with Crippen molar-refractivity contribution in [3.8, 4) is 0 Å². The van der Waals surface area contributed by atoms with Gasteiger partial charge in [-0.3, -0.25) is 0 Å². The molecule has 0 aromatic heterocycles. The summed E-state index contributed by atoms with van der Waals surface area (Å²) in [7, 11) is 1.93. The van der Waals surface area contributed by atoms with Crippen molar-refractivity contribution in [3.05, 3.63) is 47.7 Å².